The van der Waals surface area contributed by atoms with E-state index >= 15 is 0 Å². The monoisotopic (exact) mass is 169 g/mol. The van der Waals surface area contributed by atoms with Gasteiger partial charge in [-0.15, -0.1) is 12.3 Å². The standard InChI is InChI=1S/C9H15NO2/c1-3-4-5-6-8(10)7(2)9(11)12/h1,7-8H,4-6,10H2,2H3,(H,11,12). The van der Waals surface area contributed by atoms with Crippen molar-refractivity contribution >= 4 is 5.97 Å². The highest BCUT2D eigenvalue weighted by molar-refractivity contribution is 5.70. The lowest BCUT2D eigenvalue weighted by Gasteiger charge is -2.14. The molecule has 0 aliphatic carbocycles. The Morgan fingerprint density at radius 1 is 1.75 bits per heavy atom. The summed E-state index contributed by atoms with van der Waals surface area (Å²) >= 11 is 0. The second-order valence-electron chi connectivity index (χ2n) is 2.89. The fraction of sp³-hybridized carbons (Fsp3) is 0.667. The molecule has 0 fully saturated rings. The number of carbonyl (C=O) groups is 1. The SMILES string of the molecule is C#CCCCC(N)C(C)C(=O)O. The highest BCUT2D eigenvalue weighted by Crippen LogP contribution is 2.08. The van der Waals surface area contributed by atoms with Crippen LogP contribution in [-0.2, 0) is 4.79 Å². The molecule has 0 aromatic carbocycles. The lowest BCUT2D eigenvalue weighted by atomic mass is 9.98. The number of carboxylic acid groups (broad SMARTS) is 1. The molecule has 12 heavy (non-hydrogen) atoms. The Kier molecular flexibility index (Phi) is 5.14. The van der Waals surface area contributed by atoms with E-state index in [-0.39, 0.29) is 6.04 Å². The van der Waals surface area contributed by atoms with Crippen LogP contribution >= 0.6 is 0 Å². The summed E-state index contributed by atoms with van der Waals surface area (Å²) in [6.45, 7) is 1.61. The third-order valence-corrected chi connectivity index (χ3v) is 1.89. The second-order valence-corrected chi connectivity index (χ2v) is 2.89. The van der Waals surface area contributed by atoms with Crippen molar-refractivity contribution in [2.75, 3.05) is 0 Å². The first-order chi connectivity index (χ1) is 5.59. The minimum atomic E-state index is -0.844. The summed E-state index contributed by atoms with van der Waals surface area (Å²) in [4.78, 5) is 10.5. The van der Waals surface area contributed by atoms with Crippen LogP contribution in [-0.4, -0.2) is 17.1 Å². The molecule has 0 amide bonds. The molecule has 0 aliphatic rings. The van der Waals surface area contributed by atoms with Gasteiger partial charge in [0, 0.05) is 12.5 Å². The number of carboxylic acids is 1. The van der Waals surface area contributed by atoms with Crippen LogP contribution in [0.4, 0.5) is 0 Å². The molecule has 0 aromatic rings. The second kappa shape index (κ2) is 5.62. The number of hydrogen-bond donors (Lipinski definition) is 2. The quantitative estimate of drug-likeness (QED) is 0.473. The van der Waals surface area contributed by atoms with Gasteiger partial charge >= 0.3 is 5.97 Å². The first-order valence-electron chi connectivity index (χ1n) is 4.01. The Morgan fingerprint density at radius 2 is 2.33 bits per heavy atom. The Bertz CT molecular complexity index is 183. The summed E-state index contributed by atoms with van der Waals surface area (Å²) in [7, 11) is 0. The molecule has 0 rings (SSSR count). The highest BCUT2D eigenvalue weighted by atomic mass is 16.4. The van der Waals surface area contributed by atoms with Gasteiger partial charge in [0.2, 0.25) is 0 Å². The molecule has 3 nitrogen and oxygen atoms in total. The Morgan fingerprint density at radius 3 is 2.75 bits per heavy atom. The molecule has 2 unspecified atom stereocenters. The van der Waals surface area contributed by atoms with Crippen molar-refractivity contribution in [3.63, 3.8) is 0 Å². The number of terminal acetylenes is 1. The van der Waals surface area contributed by atoms with Gasteiger partial charge < -0.3 is 10.8 Å². The number of rotatable bonds is 5. The van der Waals surface area contributed by atoms with E-state index in [4.69, 9.17) is 17.3 Å². The van der Waals surface area contributed by atoms with Gasteiger partial charge in [-0.3, -0.25) is 4.79 Å². The average molecular weight is 169 g/mol. The van der Waals surface area contributed by atoms with Gasteiger partial charge in [-0.2, -0.15) is 0 Å². The molecule has 0 saturated carbocycles. The molecule has 68 valence electrons. The predicted octanol–water partition coefficient (Wildman–Crippen LogP) is 0.838. The lowest BCUT2D eigenvalue weighted by molar-refractivity contribution is -0.141. The zero-order valence-corrected chi connectivity index (χ0v) is 7.29. The van der Waals surface area contributed by atoms with Gasteiger partial charge in [0.05, 0.1) is 5.92 Å². The smallest absolute Gasteiger partial charge is 0.307 e. The fourth-order valence-electron chi connectivity index (χ4n) is 0.873. The third-order valence-electron chi connectivity index (χ3n) is 1.89. The zero-order valence-electron chi connectivity index (χ0n) is 7.29. The first-order valence-corrected chi connectivity index (χ1v) is 4.01. The molecule has 3 heteroatoms. The third kappa shape index (κ3) is 3.99. The van der Waals surface area contributed by atoms with Gasteiger partial charge in [-0.1, -0.05) is 6.92 Å². The minimum Gasteiger partial charge on any atom is -0.481 e. The van der Waals surface area contributed by atoms with Gasteiger partial charge in [0.15, 0.2) is 0 Å². The summed E-state index contributed by atoms with van der Waals surface area (Å²) in [6.07, 6.45) is 7.19. The van der Waals surface area contributed by atoms with Gasteiger partial charge in [0.25, 0.3) is 0 Å². The molecule has 0 radical (unpaired) electrons. The number of nitrogens with two attached hydrogens (primary N) is 1. The van der Waals surface area contributed by atoms with E-state index in [2.05, 4.69) is 5.92 Å². The van der Waals surface area contributed by atoms with Crippen molar-refractivity contribution in [1.29, 1.82) is 0 Å². The van der Waals surface area contributed by atoms with Crippen molar-refractivity contribution in [2.24, 2.45) is 11.7 Å². The van der Waals surface area contributed by atoms with Crippen LogP contribution < -0.4 is 5.73 Å². The van der Waals surface area contributed by atoms with Crippen molar-refractivity contribution < 1.29 is 9.90 Å². The molecular formula is C9H15NO2. The lowest BCUT2D eigenvalue weighted by Crippen LogP contribution is -2.33. The Labute approximate surface area is 73.0 Å². The molecular weight excluding hydrogens is 154 g/mol. The van der Waals surface area contributed by atoms with Gasteiger partial charge in [-0.25, -0.2) is 0 Å². The van der Waals surface area contributed by atoms with Crippen LogP contribution in [0.5, 0.6) is 0 Å². The van der Waals surface area contributed by atoms with Crippen LogP contribution in [0.15, 0.2) is 0 Å². The zero-order chi connectivity index (χ0) is 9.56. The number of aliphatic carboxylic acids is 1. The maximum atomic E-state index is 10.5. The molecule has 3 N–H and O–H groups in total. The van der Waals surface area contributed by atoms with E-state index in [1.807, 2.05) is 0 Å². The van der Waals surface area contributed by atoms with Gasteiger partial charge in [0.1, 0.15) is 0 Å². The fourth-order valence-corrected chi connectivity index (χ4v) is 0.873. The molecule has 0 aliphatic heterocycles. The van der Waals surface area contributed by atoms with E-state index in [9.17, 15) is 4.79 Å². The summed E-state index contributed by atoms with van der Waals surface area (Å²) in [5.74, 6) is 1.16. The molecule has 0 saturated heterocycles. The number of hydrogen-bond acceptors (Lipinski definition) is 2. The Balaban J connectivity index is 3.65. The molecule has 0 aromatic heterocycles. The summed E-state index contributed by atoms with van der Waals surface area (Å²) in [5.41, 5.74) is 5.61. The van der Waals surface area contributed by atoms with E-state index in [1.54, 1.807) is 6.92 Å². The van der Waals surface area contributed by atoms with Crippen molar-refractivity contribution in [3.8, 4) is 12.3 Å². The maximum Gasteiger partial charge on any atom is 0.307 e. The summed E-state index contributed by atoms with van der Waals surface area (Å²) in [5, 5.41) is 8.59. The van der Waals surface area contributed by atoms with Crippen molar-refractivity contribution in [2.45, 2.75) is 32.2 Å². The van der Waals surface area contributed by atoms with Crippen LogP contribution in [0.3, 0.4) is 0 Å². The molecule has 0 heterocycles. The van der Waals surface area contributed by atoms with Crippen molar-refractivity contribution in [1.82, 2.24) is 0 Å². The Hall–Kier alpha value is -1.01. The molecule has 0 spiro atoms. The number of unbranched alkanes of at least 4 members (excludes halogenated alkanes) is 1. The van der Waals surface area contributed by atoms with Crippen molar-refractivity contribution in [3.05, 3.63) is 0 Å². The van der Waals surface area contributed by atoms with Crippen LogP contribution in [0.25, 0.3) is 0 Å². The maximum absolute atomic E-state index is 10.5. The van der Waals surface area contributed by atoms with Gasteiger partial charge in [-0.05, 0) is 12.8 Å². The first kappa shape index (κ1) is 11.0. The largest absolute Gasteiger partial charge is 0.481 e. The van der Waals surface area contributed by atoms with Crippen LogP contribution in [0.2, 0.25) is 0 Å². The molecule has 2 atom stereocenters. The van der Waals surface area contributed by atoms with Crippen LogP contribution in [0.1, 0.15) is 26.2 Å². The van der Waals surface area contributed by atoms with E-state index in [0.29, 0.717) is 12.8 Å². The summed E-state index contributed by atoms with van der Waals surface area (Å²) in [6, 6.07) is -0.282. The normalized spacial score (nSPS) is 14.8. The average Bonchev–Trinajstić information content (AvgIpc) is 2.03. The van der Waals surface area contributed by atoms with E-state index < -0.39 is 11.9 Å². The van der Waals surface area contributed by atoms with Crippen LogP contribution in [0, 0.1) is 18.3 Å². The topological polar surface area (TPSA) is 63.3 Å². The van der Waals surface area contributed by atoms with E-state index in [0.717, 1.165) is 6.42 Å². The summed E-state index contributed by atoms with van der Waals surface area (Å²) < 4.78 is 0. The minimum absolute atomic E-state index is 0.282. The highest BCUT2D eigenvalue weighted by Gasteiger charge is 2.18. The molecule has 0 bridgehead atoms. The predicted molar refractivity (Wildman–Crippen MR) is 47.5 cm³/mol. The van der Waals surface area contributed by atoms with E-state index in [1.165, 1.54) is 0 Å².